The lowest BCUT2D eigenvalue weighted by molar-refractivity contribution is -0.155. The van der Waals surface area contributed by atoms with Gasteiger partial charge in [0, 0.05) is 0 Å². The van der Waals surface area contributed by atoms with Gasteiger partial charge in [-0.3, -0.25) is 4.79 Å². The van der Waals surface area contributed by atoms with Crippen LogP contribution in [0.5, 0.6) is 0 Å². The van der Waals surface area contributed by atoms with Crippen LogP contribution in [0.3, 0.4) is 0 Å². The number of ether oxygens (including phenoxy) is 1. The van der Waals surface area contributed by atoms with Gasteiger partial charge in [0.15, 0.2) is 0 Å². The van der Waals surface area contributed by atoms with Crippen molar-refractivity contribution >= 4 is 5.97 Å². The zero-order valence-corrected chi connectivity index (χ0v) is 9.88. The van der Waals surface area contributed by atoms with Gasteiger partial charge in [-0.1, -0.05) is 30.7 Å². The van der Waals surface area contributed by atoms with Gasteiger partial charge in [0.1, 0.15) is 0 Å². The Hall–Kier alpha value is -1.05. The standard InChI is InChI=1S/C13H20O2/c1-4-7-11-8-9-13(5-2,10-11)12(14)15-6-3/h4,7-8H,5-6,9-10H2,1-3H3/b7-4+. The summed E-state index contributed by atoms with van der Waals surface area (Å²) >= 11 is 0. The maximum absolute atomic E-state index is 11.9. The van der Waals surface area contributed by atoms with E-state index in [0.29, 0.717) is 6.61 Å². The van der Waals surface area contributed by atoms with Crippen molar-refractivity contribution in [1.82, 2.24) is 0 Å². The van der Waals surface area contributed by atoms with Crippen molar-refractivity contribution in [3.8, 4) is 0 Å². The smallest absolute Gasteiger partial charge is 0.312 e. The van der Waals surface area contributed by atoms with E-state index < -0.39 is 0 Å². The minimum Gasteiger partial charge on any atom is -0.466 e. The molecular weight excluding hydrogens is 188 g/mol. The Kier molecular flexibility index (Phi) is 4.13. The normalized spacial score (nSPS) is 25.7. The van der Waals surface area contributed by atoms with Crippen molar-refractivity contribution in [1.29, 1.82) is 0 Å². The maximum atomic E-state index is 11.9. The first kappa shape index (κ1) is 12.0. The first-order chi connectivity index (χ1) is 7.18. The summed E-state index contributed by atoms with van der Waals surface area (Å²) in [5.74, 6) is -0.0387. The molecule has 0 fully saturated rings. The highest BCUT2D eigenvalue weighted by Crippen LogP contribution is 2.41. The second-order valence-corrected chi connectivity index (χ2v) is 4.01. The van der Waals surface area contributed by atoms with Gasteiger partial charge in [0.05, 0.1) is 12.0 Å². The fraction of sp³-hybridized carbons (Fsp3) is 0.615. The molecule has 1 atom stereocenters. The topological polar surface area (TPSA) is 26.3 Å². The van der Waals surface area contributed by atoms with Gasteiger partial charge in [-0.25, -0.2) is 0 Å². The van der Waals surface area contributed by atoms with Gasteiger partial charge < -0.3 is 4.74 Å². The van der Waals surface area contributed by atoms with Gasteiger partial charge in [-0.05, 0) is 33.1 Å². The molecule has 0 aromatic heterocycles. The average Bonchev–Trinajstić information content (AvgIpc) is 2.64. The van der Waals surface area contributed by atoms with E-state index in [1.807, 2.05) is 19.9 Å². The fourth-order valence-electron chi connectivity index (χ4n) is 2.06. The first-order valence-corrected chi connectivity index (χ1v) is 5.67. The van der Waals surface area contributed by atoms with E-state index in [1.165, 1.54) is 5.57 Å². The fourth-order valence-corrected chi connectivity index (χ4v) is 2.06. The lowest BCUT2D eigenvalue weighted by atomic mass is 9.81. The molecule has 2 heteroatoms. The number of allylic oxidation sites excluding steroid dienone is 4. The van der Waals surface area contributed by atoms with Crippen molar-refractivity contribution in [3.05, 3.63) is 23.8 Å². The number of hydrogen-bond donors (Lipinski definition) is 0. The van der Waals surface area contributed by atoms with Gasteiger partial charge in [0.2, 0.25) is 0 Å². The van der Waals surface area contributed by atoms with Crippen molar-refractivity contribution in [2.45, 2.75) is 40.0 Å². The highest BCUT2D eigenvalue weighted by molar-refractivity contribution is 5.78. The van der Waals surface area contributed by atoms with Crippen LogP contribution in [0.25, 0.3) is 0 Å². The lowest BCUT2D eigenvalue weighted by Gasteiger charge is -2.25. The summed E-state index contributed by atoms with van der Waals surface area (Å²) in [6, 6.07) is 0. The van der Waals surface area contributed by atoms with Crippen LogP contribution in [-0.2, 0) is 9.53 Å². The molecule has 1 aliphatic rings. The number of carbonyl (C=O) groups excluding carboxylic acids is 1. The molecule has 1 unspecified atom stereocenters. The predicted molar refractivity (Wildman–Crippen MR) is 61.5 cm³/mol. The molecular formula is C13H20O2. The number of carbonyl (C=O) groups is 1. The maximum Gasteiger partial charge on any atom is 0.312 e. The molecule has 0 heterocycles. The van der Waals surface area contributed by atoms with E-state index >= 15 is 0 Å². The molecule has 0 aromatic carbocycles. The van der Waals surface area contributed by atoms with Crippen LogP contribution in [0.4, 0.5) is 0 Å². The van der Waals surface area contributed by atoms with Gasteiger partial charge in [-0.15, -0.1) is 0 Å². The molecule has 84 valence electrons. The Morgan fingerprint density at radius 2 is 2.33 bits per heavy atom. The van der Waals surface area contributed by atoms with E-state index in [4.69, 9.17) is 4.74 Å². The highest BCUT2D eigenvalue weighted by Gasteiger charge is 2.40. The number of rotatable bonds is 4. The molecule has 2 nitrogen and oxygen atoms in total. The van der Waals surface area contributed by atoms with E-state index in [9.17, 15) is 4.79 Å². The van der Waals surface area contributed by atoms with Crippen LogP contribution in [0.15, 0.2) is 23.8 Å². The van der Waals surface area contributed by atoms with Gasteiger partial charge in [-0.2, -0.15) is 0 Å². The van der Waals surface area contributed by atoms with Crippen LogP contribution < -0.4 is 0 Å². The lowest BCUT2D eigenvalue weighted by Crippen LogP contribution is -2.30. The van der Waals surface area contributed by atoms with Crippen LogP contribution >= 0.6 is 0 Å². The molecule has 0 saturated heterocycles. The molecule has 0 aliphatic heterocycles. The predicted octanol–water partition coefficient (Wildman–Crippen LogP) is 3.24. The third-order valence-electron chi connectivity index (χ3n) is 3.06. The van der Waals surface area contributed by atoms with E-state index in [2.05, 4.69) is 19.1 Å². The summed E-state index contributed by atoms with van der Waals surface area (Å²) < 4.78 is 5.15. The van der Waals surface area contributed by atoms with Gasteiger partial charge in [0.25, 0.3) is 0 Å². The van der Waals surface area contributed by atoms with Crippen LogP contribution in [-0.4, -0.2) is 12.6 Å². The SMILES string of the molecule is C/C=C/C1=CCC(CC)(C(=O)OCC)C1. The Labute approximate surface area is 92.0 Å². The summed E-state index contributed by atoms with van der Waals surface area (Å²) in [5.41, 5.74) is 0.970. The number of hydrogen-bond acceptors (Lipinski definition) is 2. The summed E-state index contributed by atoms with van der Waals surface area (Å²) in [5, 5.41) is 0. The Balaban J connectivity index is 2.71. The third-order valence-corrected chi connectivity index (χ3v) is 3.06. The van der Waals surface area contributed by atoms with Crippen molar-refractivity contribution in [2.75, 3.05) is 6.61 Å². The molecule has 1 rings (SSSR count). The van der Waals surface area contributed by atoms with Crippen LogP contribution in [0.2, 0.25) is 0 Å². The molecule has 0 N–H and O–H groups in total. The van der Waals surface area contributed by atoms with Crippen molar-refractivity contribution < 1.29 is 9.53 Å². The van der Waals surface area contributed by atoms with Crippen molar-refractivity contribution in [2.24, 2.45) is 5.41 Å². The molecule has 15 heavy (non-hydrogen) atoms. The average molecular weight is 208 g/mol. The summed E-state index contributed by atoms with van der Waals surface area (Å²) in [7, 11) is 0. The first-order valence-electron chi connectivity index (χ1n) is 5.67. The minimum atomic E-state index is -0.287. The molecule has 0 bridgehead atoms. The van der Waals surface area contributed by atoms with Gasteiger partial charge >= 0.3 is 5.97 Å². The zero-order valence-electron chi connectivity index (χ0n) is 9.88. The van der Waals surface area contributed by atoms with E-state index in [1.54, 1.807) is 0 Å². The molecule has 0 saturated carbocycles. The second-order valence-electron chi connectivity index (χ2n) is 4.01. The van der Waals surface area contributed by atoms with E-state index in [-0.39, 0.29) is 11.4 Å². The molecule has 0 amide bonds. The Morgan fingerprint density at radius 3 is 2.87 bits per heavy atom. The second kappa shape index (κ2) is 5.15. The highest BCUT2D eigenvalue weighted by atomic mass is 16.5. The largest absolute Gasteiger partial charge is 0.466 e. The summed E-state index contributed by atoms with van der Waals surface area (Å²) in [4.78, 5) is 11.9. The van der Waals surface area contributed by atoms with Crippen molar-refractivity contribution in [3.63, 3.8) is 0 Å². The Morgan fingerprint density at radius 1 is 1.60 bits per heavy atom. The molecule has 0 spiro atoms. The Bertz CT molecular complexity index is 289. The van der Waals surface area contributed by atoms with E-state index in [0.717, 1.165) is 19.3 Å². The van der Waals surface area contributed by atoms with Crippen LogP contribution in [0.1, 0.15) is 40.0 Å². The monoisotopic (exact) mass is 208 g/mol. The van der Waals surface area contributed by atoms with Crippen LogP contribution in [0, 0.1) is 5.41 Å². The molecule has 0 radical (unpaired) electrons. The molecule has 0 aromatic rings. The number of esters is 1. The zero-order chi connectivity index (χ0) is 11.3. The summed E-state index contributed by atoms with van der Waals surface area (Å²) in [6.45, 7) is 6.39. The quantitative estimate of drug-likeness (QED) is 0.663. The minimum absolute atomic E-state index is 0.0387. The summed E-state index contributed by atoms with van der Waals surface area (Å²) in [6.07, 6.45) is 8.75. The molecule has 1 aliphatic carbocycles. The third kappa shape index (κ3) is 2.49.